The molecule has 0 fully saturated rings. The second kappa shape index (κ2) is 44.5. The number of unbranched alkanes of at least 4 members (excludes halogenated alkanes) is 32. The van der Waals surface area contributed by atoms with Gasteiger partial charge < -0.3 is 14.2 Å². The molecule has 0 aromatic heterocycles. The highest BCUT2D eigenvalue weighted by Crippen LogP contribution is 2.17. The zero-order valence-corrected chi connectivity index (χ0v) is 38.1. The first-order valence-electron chi connectivity index (χ1n) is 24.9. The van der Waals surface area contributed by atoms with E-state index in [1.165, 1.54) is 173 Å². The fraction of sp³-hybridized carbons (Fsp3) is 0.940. The highest BCUT2D eigenvalue weighted by Gasteiger charge is 2.19. The largest absolute Gasteiger partial charge is 0.462 e. The van der Waals surface area contributed by atoms with Gasteiger partial charge in [-0.05, 0) is 25.2 Å². The van der Waals surface area contributed by atoms with Crippen LogP contribution in [0, 0.1) is 5.92 Å². The number of carbonyl (C=O) groups is 3. The van der Waals surface area contributed by atoms with E-state index >= 15 is 0 Å². The maximum atomic E-state index is 12.7. The third kappa shape index (κ3) is 43.5. The van der Waals surface area contributed by atoms with E-state index in [0.29, 0.717) is 19.3 Å². The minimum absolute atomic E-state index is 0.0635. The molecule has 0 aliphatic heterocycles. The molecule has 1 atom stereocenters. The van der Waals surface area contributed by atoms with Crippen LogP contribution < -0.4 is 0 Å². The van der Waals surface area contributed by atoms with Crippen LogP contribution in [0.2, 0.25) is 0 Å². The Morgan fingerprint density at radius 3 is 0.875 bits per heavy atom. The van der Waals surface area contributed by atoms with Gasteiger partial charge >= 0.3 is 17.9 Å². The van der Waals surface area contributed by atoms with E-state index in [2.05, 4.69) is 27.7 Å². The van der Waals surface area contributed by atoms with Gasteiger partial charge in [0.05, 0.1) is 0 Å². The molecule has 0 N–H and O–H groups in total. The van der Waals surface area contributed by atoms with Gasteiger partial charge in [0, 0.05) is 19.3 Å². The van der Waals surface area contributed by atoms with Gasteiger partial charge in [0.2, 0.25) is 0 Å². The predicted octanol–water partition coefficient (Wildman–Crippen LogP) is 15.9. The zero-order valence-electron chi connectivity index (χ0n) is 38.1. The van der Waals surface area contributed by atoms with Crippen molar-refractivity contribution in [3.8, 4) is 0 Å². The lowest BCUT2D eigenvalue weighted by molar-refractivity contribution is -0.167. The number of hydrogen-bond donors (Lipinski definition) is 0. The molecule has 0 aromatic rings. The summed E-state index contributed by atoms with van der Waals surface area (Å²) in [5.74, 6) is -0.0556. The second-order valence-electron chi connectivity index (χ2n) is 17.6. The molecule has 0 aliphatic carbocycles. The Balaban J connectivity index is 4.30. The Hall–Kier alpha value is -1.59. The first-order chi connectivity index (χ1) is 27.4. The molecule has 0 saturated carbocycles. The van der Waals surface area contributed by atoms with Gasteiger partial charge in [-0.3, -0.25) is 14.4 Å². The molecule has 56 heavy (non-hydrogen) atoms. The first kappa shape index (κ1) is 54.4. The smallest absolute Gasteiger partial charge is 0.306 e. The maximum absolute atomic E-state index is 12.7. The van der Waals surface area contributed by atoms with Crippen LogP contribution >= 0.6 is 0 Å². The van der Waals surface area contributed by atoms with Crippen LogP contribution in [0.5, 0.6) is 0 Å². The van der Waals surface area contributed by atoms with Crippen molar-refractivity contribution in [1.82, 2.24) is 0 Å². The number of hydrogen-bond acceptors (Lipinski definition) is 6. The Labute approximate surface area is 348 Å². The summed E-state index contributed by atoms with van der Waals surface area (Å²) >= 11 is 0. The van der Waals surface area contributed by atoms with Gasteiger partial charge in [0.25, 0.3) is 0 Å². The van der Waals surface area contributed by atoms with Crippen LogP contribution in [0.1, 0.15) is 278 Å². The van der Waals surface area contributed by atoms with Gasteiger partial charge in [-0.2, -0.15) is 0 Å². The van der Waals surface area contributed by atoms with Crippen molar-refractivity contribution in [2.45, 2.75) is 284 Å². The summed E-state index contributed by atoms with van der Waals surface area (Å²) in [6.45, 7) is 8.98. The summed E-state index contributed by atoms with van der Waals surface area (Å²) in [6, 6.07) is 0. The molecule has 6 heteroatoms. The molecule has 0 radical (unpaired) electrons. The number of carbonyl (C=O) groups excluding carboxylic acids is 3. The topological polar surface area (TPSA) is 78.9 Å². The van der Waals surface area contributed by atoms with Crippen LogP contribution in [-0.2, 0) is 28.6 Å². The third-order valence-electron chi connectivity index (χ3n) is 11.3. The van der Waals surface area contributed by atoms with Crippen LogP contribution in [0.3, 0.4) is 0 Å². The van der Waals surface area contributed by atoms with E-state index in [9.17, 15) is 14.4 Å². The number of ether oxygens (including phenoxy) is 3. The SMILES string of the molecule is CCCCCCCCCCCCCCCCC(=O)OC[C@@H](COC(=O)CCCCCCCCCCCCCCC)OC(=O)CCCCCCCCCCC(C)C. The average molecular weight is 793 g/mol. The summed E-state index contributed by atoms with van der Waals surface area (Å²) in [4.78, 5) is 37.8. The van der Waals surface area contributed by atoms with Gasteiger partial charge in [-0.25, -0.2) is 0 Å². The van der Waals surface area contributed by atoms with Crippen molar-refractivity contribution >= 4 is 17.9 Å². The highest BCUT2D eigenvalue weighted by molar-refractivity contribution is 5.71. The Bertz CT molecular complexity index is 841. The molecule has 0 rings (SSSR count). The minimum Gasteiger partial charge on any atom is -0.462 e. The fourth-order valence-electron chi connectivity index (χ4n) is 7.51. The molecule has 332 valence electrons. The monoisotopic (exact) mass is 793 g/mol. The molecule has 6 nitrogen and oxygen atoms in total. The molecular weight excluding hydrogens is 697 g/mol. The lowest BCUT2D eigenvalue weighted by atomic mass is 10.0. The maximum Gasteiger partial charge on any atom is 0.306 e. The van der Waals surface area contributed by atoms with Gasteiger partial charge in [-0.15, -0.1) is 0 Å². The summed E-state index contributed by atoms with van der Waals surface area (Å²) in [5.41, 5.74) is 0. The Kier molecular flexibility index (Phi) is 43.2. The van der Waals surface area contributed by atoms with E-state index < -0.39 is 6.10 Å². The molecule has 0 heterocycles. The summed E-state index contributed by atoms with van der Waals surface area (Å²) in [6.07, 6.45) is 45.1. The van der Waals surface area contributed by atoms with Gasteiger partial charge in [0.15, 0.2) is 6.10 Å². The standard InChI is InChI=1S/C50H96O6/c1-5-7-9-11-13-15-17-19-21-23-25-30-34-38-42-49(52)55-45-47(56-50(53)43-39-35-31-27-26-28-32-36-40-46(3)4)44-54-48(51)41-37-33-29-24-22-20-18-16-14-12-10-8-6-2/h46-47H,5-45H2,1-4H3/t47-/m1/s1. The van der Waals surface area contributed by atoms with Crippen LogP contribution in [0.4, 0.5) is 0 Å². The van der Waals surface area contributed by atoms with E-state index in [1.807, 2.05) is 0 Å². The molecule has 0 saturated heterocycles. The molecule has 0 aromatic carbocycles. The fourth-order valence-corrected chi connectivity index (χ4v) is 7.51. The lowest BCUT2D eigenvalue weighted by Gasteiger charge is -2.18. The van der Waals surface area contributed by atoms with E-state index in [4.69, 9.17) is 14.2 Å². The third-order valence-corrected chi connectivity index (χ3v) is 11.3. The summed E-state index contributed by atoms with van der Waals surface area (Å²) in [5, 5.41) is 0. The second-order valence-corrected chi connectivity index (χ2v) is 17.6. The summed E-state index contributed by atoms with van der Waals surface area (Å²) < 4.78 is 16.8. The number of rotatable bonds is 45. The van der Waals surface area contributed by atoms with Crippen LogP contribution in [0.25, 0.3) is 0 Å². The predicted molar refractivity (Wildman–Crippen MR) is 238 cm³/mol. The molecule has 0 unspecified atom stereocenters. The van der Waals surface area contributed by atoms with Crippen molar-refractivity contribution < 1.29 is 28.6 Å². The minimum atomic E-state index is -0.760. The zero-order chi connectivity index (χ0) is 41.0. The van der Waals surface area contributed by atoms with Crippen molar-refractivity contribution in [3.63, 3.8) is 0 Å². The molecule has 0 spiro atoms. The summed E-state index contributed by atoms with van der Waals surface area (Å²) in [7, 11) is 0. The van der Waals surface area contributed by atoms with Crippen molar-refractivity contribution in [3.05, 3.63) is 0 Å². The highest BCUT2D eigenvalue weighted by atomic mass is 16.6. The van der Waals surface area contributed by atoms with E-state index in [-0.39, 0.29) is 31.1 Å². The number of esters is 3. The average Bonchev–Trinajstić information content (AvgIpc) is 3.18. The molecule has 0 bridgehead atoms. The van der Waals surface area contributed by atoms with Crippen molar-refractivity contribution in [2.75, 3.05) is 13.2 Å². The molecule has 0 aliphatic rings. The quantitative estimate of drug-likeness (QED) is 0.0347. The van der Waals surface area contributed by atoms with E-state index in [1.54, 1.807) is 0 Å². The molecule has 0 amide bonds. The first-order valence-corrected chi connectivity index (χ1v) is 24.9. The lowest BCUT2D eigenvalue weighted by Crippen LogP contribution is -2.30. The van der Waals surface area contributed by atoms with Gasteiger partial charge in [-0.1, -0.05) is 240 Å². The Morgan fingerprint density at radius 1 is 0.339 bits per heavy atom. The van der Waals surface area contributed by atoms with Crippen molar-refractivity contribution in [1.29, 1.82) is 0 Å². The normalized spacial score (nSPS) is 11.9. The molecular formula is C50H96O6. The van der Waals surface area contributed by atoms with E-state index in [0.717, 1.165) is 63.7 Å². The van der Waals surface area contributed by atoms with Crippen LogP contribution in [0.15, 0.2) is 0 Å². The van der Waals surface area contributed by atoms with Crippen LogP contribution in [-0.4, -0.2) is 37.2 Å². The van der Waals surface area contributed by atoms with Gasteiger partial charge in [0.1, 0.15) is 13.2 Å². The van der Waals surface area contributed by atoms with Crippen molar-refractivity contribution in [2.24, 2.45) is 5.92 Å². The Morgan fingerprint density at radius 2 is 0.589 bits per heavy atom.